The Hall–Kier alpha value is -5.08. The van der Waals surface area contributed by atoms with Gasteiger partial charge in [-0.3, -0.25) is 29.0 Å². The Kier molecular flexibility index (Phi) is 18.4. The second kappa shape index (κ2) is 22.6. The first-order valence-electron chi connectivity index (χ1n) is 19.7. The Morgan fingerprint density at radius 1 is 1.04 bits per heavy atom. The van der Waals surface area contributed by atoms with E-state index < -0.39 is 71.8 Å². The number of rotatable bonds is 9. The third-order valence-corrected chi connectivity index (χ3v) is 10.1. The molecule has 1 saturated heterocycles. The topological polar surface area (TPSA) is 195 Å². The molecular weight excluding hydrogens is 730 g/mol. The molecule has 1 aromatic rings. The van der Waals surface area contributed by atoms with E-state index in [4.69, 9.17) is 4.74 Å². The van der Waals surface area contributed by atoms with Gasteiger partial charge in [-0.1, -0.05) is 69.4 Å². The van der Waals surface area contributed by atoms with Gasteiger partial charge in [0.15, 0.2) is 0 Å². The van der Waals surface area contributed by atoms with Gasteiger partial charge in [-0.15, -0.1) is 0 Å². The maximum absolute atomic E-state index is 14.3. The molecule has 1 aromatic carbocycles. The number of allylic oxidation sites excluding steroid dienone is 5. The highest BCUT2D eigenvalue weighted by Crippen LogP contribution is 2.24. The fraction of sp³-hybridized carbons (Fsp3) is 0.535. The highest BCUT2D eigenvalue weighted by molar-refractivity contribution is 5.93. The molecule has 2 aliphatic heterocycles. The normalized spacial score (nSPS) is 26.3. The molecule has 14 heteroatoms. The van der Waals surface area contributed by atoms with Crippen LogP contribution in [0.1, 0.15) is 78.7 Å². The van der Waals surface area contributed by atoms with Crippen LogP contribution in [0.4, 0.5) is 0 Å². The van der Waals surface area contributed by atoms with Gasteiger partial charge in [0.25, 0.3) is 5.91 Å². The first kappa shape index (κ1) is 46.3. The van der Waals surface area contributed by atoms with Crippen molar-refractivity contribution in [1.29, 1.82) is 0 Å². The molecule has 14 nitrogen and oxygen atoms in total. The van der Waals surface area contributed by atoms with Gasteiger partial charge in [-0.2, -0.15) is 0 Å². The molecule has 0 aliphatic carbocycles. The predicted molar refractivity (Wildman–Crippen MR) is 216 cm³/mol. The van der Waals surface area contributed by atoms with Crippen molar-refractivity contribution in [2.75, 3.05) is 20.6 Å². The lowest BCUT2D eigenvalue weighted by Crippen LogP contribution is -2.62. The number of aliphatic hydroxyl groups is 1. The van der Waals surface area contributed by atoms with Crippen molar-refractivity contribution in [3.05, 3.63) is 77.9 Å². The van der Waals surface area contributed by atoms with Gasteiger partial charge in [-0.25, -0.2) is 5.43 Å². The number of carbonyl (C=O) groups excluding carboxylic acids is 6. The number of nitrogens with one attached hydrogen (secondary N) is 3. The van der Waals surface area contributed by atoms with Crippen LogP contribution >= 0.6 is 0 Å². The quantitative estimate of drug-likeness (QED) is 0.141. The van der Waals surface area contributed by atoms with Crippen LogP contribution in [0.25, 0.3) is 0 Å². The molecule has 0 radical (unpaired) electrons. The number of likely N-dealkylation sites (N-methyl/N-ethyl adjacent to an activating group) is 1. The summed E-state index contributed by atoms with van der Waals surface area (Å²) >= 11 is 0. The Bertz CT molecular complexity index is 1700. The fourth-order valence-electron chi connectivity index (χ4n) is 6.57. The minimum atomic E-state index is -1.18. The Morgan fingerprint density at radius 2 is 1.74 bits per heavy atom. The van der Waals surface area contributed by atoms with E-state index in [-0.39, 0.29) is 43.2 Å². The molecule has 57 heavy (non-hydrogen) atoms. The Balaban J connectivity index is 2.05. The zero-order valence-corrected chi connectivity index (χ0v) is 34.3. The number of nitrogens with zero attached hydrogens (tertiary/aromatic N) is 2. The van der Waals surface area contributed by atoms with Crippen molar-refractivity contribution < 1.29 is 43.7 Å². The highest BCUT2D eigenvalue weighted by Gasteiger charge is 2.37. The van der Waals surface area contributed by atoms with Crippen LogP contribution in [-0.4, -0.2) is 106 Å². The number of hydrazine groups is 1. The van der Waals surface area contributed by atoms with Crippen molar-refractivity contribution >= 4 is 35.4 Å². The molecule has 3 rings (SSSR count). The summed E-state index contributed by atoms with van der Waals surface area (Å²) in [5, 5.41) is 28.5. The number of ketones is 1. The summed E-state index contributed by atoms with van der Waals surface area (Å²) in [5.41, 5.74) is 4.25. The van der Waals surface area contributed by atoms with Crippen LogP contribution in [0.3, 0.4) is 0 Å². The number of hydrogen-bond donors (Lipinski definition) is 5. The number of hydrogen-bond acceptors (Lipinski definition) is 10. The summed E-state index contributed by atoms with van der Waals surface area (Å²) in [4.78, 5) is 81.4. The number of aliphatic hydroxyl groups excluding tert-OH is 1. The lowest BCUT2D eigenvalue weighted by atomic mass is 9.85. The number of cyclic esters (lactones) is 1. The van der Waals surface area contributed by atoms with Gasteiger partial charge in [0.1, 0.15) is 35.8 Å². The number of phenolic OH excluding ortho intramolecular Hbond substituents is 1. The van der Waals surface area contributed by atoms with Gasteiger partial charge in [0.05, 0.1) is 12.0 Å². The second-order valence-electron chi connectivity index (χ2n) is 15.6. The van der Waals surface area contributed by atoms with E-state index in [2.05, 4.69) is 16.1 Å². The average Bonchev–Trinajstić information content (AvgIpc) is 3.16. The number of phenols is 1. The number of ether oxygens (including phenoxy) is 1. The summed E-state index contributed by atoms with van der Waals surface area (Å²) < 4.78 is 6.03. The summed E-state index contributed by atoms with van der Waals surface area (Å²) in [7, 11) is 3.28. The summed E-state index contributed by atoms with van der Waals surface area (Å²) in [6.07, 6.45) is 11.8. The molecular formula is C43H61N5O9. The number of fused-ring (bicyclic) bond motifs is 2. The van der Waals surface area contributed by atoms with Crippen molar-refractivity contribution in [2.45, 2.75) is 110 Å². The van der Waals surface area contributed by atoms with E-state index in [0.29, 0.717) is 36.8 Å². The minimum Gasteiger partial charge on any atom is -0.508 e. The molecule has 2 aliphatic rings. The van der Waals surface area contributed by atoms with Crippen molar-refractivity contribution in [2.24, 2.45) is 17.8 Å². The number of benzene rings is 1. The molecule has 0 aromatic heterocycles. The van der Waals surface area contributed by atoms with Crippen LogP contribution < -0.4 is 16.1 Å². The SMILES string of the molecule is CC(=O)CCC1C(=O)NC(C(C)C)C(=O)NC(Cc2cccc(O)c2)C(=O)N2CCCC(N2)C(=O)OC(C(C)=CC=CC(=O)N(C)C)CC=CC=CCC(C)C1O. The molecule has 0 saturated carbocycles. The maximum Gasteiger partial charge on any atom is 0.325 e. The molecule has 5 N–H and O–H groups in total. The Labute approximate surface area is 336 Å². The zero-order valence-electron chi connectivity index (χ0n) is 34.3. The maximum atomic E-state index is 14.3. The van der Waals surface area contributed by atoms with Crippen LogP contribution in [0, 0.1) is 17.8 Å². The van der Waals surface area contributed by atoms with Crippen LogP contribution in [0.15, 0.2) is 72.4 Å². The van der Waals surface area contributed by atoms with Crippen LogP contribution in [-0.2, 0) is 39.9 Å². The fourth-order valence-corrected chi connectivity index (χ4v) is 6.57. The number of esters is 1. The highest BCUT2D eigenvalue weighted by atomic mass is 16.5. The molecule has 1 fully saturated rings. The van der Waals surface area contributed by atoms with Gasteiger partial charge >= 0.3 is 5.97 Å². The monoisotopic (exact) mass is 791 g/mol. The predicted octanol–water partition coefficient (Wildman–Crippen LogP) is 3.45. The number of aromatic hydroxyl groups is 1. The summed E-state index contributed by atoms with van der Waals surface area (Å²) in [6.45, 7) is 8.73. The van der Waals surface area contributed by atoms with E-state index in [1.807, 2.05) is 12.2 Å². The van der Waals surface area contributed by atoms with Gasteiger partial charge < -0.3 is 35.3 Å². The van der Waals surface area contributed by atoms with Gasteiger partial charge in [0, 0.05) is 46.0 Å². The molecule has 0 spiro atoms. The summed E-state index contributed by atoms with van der Waals surface area (Å²) in [6, 6.07) is 3.13. The van der Waals surface area contributed by atoms with Gasteiger partial charge in [0.2, 0.25) is 17.7 Å². The first-order valence-corrected chi connectivity index (χ1v) is 19.7. The molecule has 2 bridgehead atoms. The number of carbonyl (C=O) groups is 6. The van der Waals surface area contributed by atoms with E-state index >= 15 is 0 Å². The molecule has 7 unspecified atom stereocenters. The van der Waals surface area contributed by atoms with E-state index in [0.717, 1.165) is 0 Å². The molecule has 312 valence electrons. The Morgan fingerprint density at radius 3 is 2.39 bits per heavy atom. The first-order chi connectivity index (χ1) is 27.0. The zero-order chi connectivity index (χ0) is 42.2. The van der Waals surface area contributed by atoms with E-state index in [1.165, 1.54) is 35.0 Å². The molecule has 7 atom stereocenters. The third-order valence-electron chi connectivity index (χ3n) is 10.1. The molecule has 4 amide bonds. The van der Waals surface area contributed by atoms with Crippen LogP contribution in [0.5, 0.6) is 5.75 Å². The number of amides is 4. The second-order valence-corrected chi connectivity index (χ2v) is 15.6. The minimum absolute atomic E-state index is 0.0156. The van der Waals surface area contributed by atoms with Crippen LogP contribution in [0.2, 0.25) is 0 Å². The smallest absolute Gasteiger partial charge is 0.325 e. The van der Waals surface area contributed by atoms with Crippen molar-refractivity contribution in [1.82, 2.24) is 26.0 Å². The average molecular weight is 792 g/mol. The summed E-state index contributed by atoms with van der Waals surface area (Å²) in [5.74, 6) is -4.54. The molecule has 2 heterocycles. The number of Topliss-reactive ketones (excluding diaryl/α,β-unsaturated/α-hetero) is 1. The lowest BCUT2D eigenvalue weighted by molar-refractivity contribution is -0.156. The van der Waals surface area contributed by atoms with E-state index in [1.54, 1.807) is 78.2 Å². The standard InChI is InChI=1S/C43H61N5O9/c1-27(2)38-41(54)44-35(26-31-17-13-18-32(50)25-31)42(55)48-24-14-19-34(46-48)43(56)57-36(28(3)16-12-21-37(51)47(6)7)20-11-9-8-10-15-29(4)39(52)33(40(53)45-38)23-22-30(5)49/h8-13,16-18,21,25,27,29,33-36,38-39,46,50,52H,14-15,19-20,22-24,26H2,1-7H3,(H,44,54)(H,45,53). The third kappa shape index (κ3) is 14.7. The van der Waals surface area contributed by atoms with Crippen molar-refractivity contribution in [3.63, 3.8) is 0 Å². The lowest BCUT2D eigenvalue weighted by Gasteiger charge is -2.36. The van der Waals surface area contributed by atoms with E-state index in [9.17, 15) is 39.0 Å². The van der Waals surface area contributed by atoms with Crippen molar-refractivity contribution in [3.8, 4) is 5.75 Å². The largest absolute Gasteiger partial charge is 0.508 e. The van der Waals surface area contributed by atoms with Gasteiger partial charge in [-0.05, 0) is 74.6 Å².